The van der Waals surface area contributed by atoms with Crippen LogP contribution in [0.2, 0.25) is 0 Å². The molecular weight excluding hydrogens is 1040 g/mol. The van der Waals surface area contributed by atoms with E-state index in [2.05, 4.69) is 19.2 Å². The van der Waals surface area contributed by atoms with Crippen LogP contribution >= 0.6 is 7.82 Å². The first kappa shape index (κ1) is 82.5. The Bertz CT molecular complexity index is 1310. The summed E-state index contributed by atoms with van der Waals surface area (Å²) in [6.45, 7) is 4.80. The lowest BCUT2D eigenvalue weighted by molar-refractivity contribution is -0.870. The Morgan fingerprint density at radius 3 is 0.819 bits per heavy atom. The van der Waals surface area contributed by atoms with Gasteiger partial charge in [0, 0.05) is 6.42 Å². The number of carbonyl (C=O) groups is 1. The van der Waals surface area contributed by atoms with Crippen molar-refractivity contribution in [2.24, 2.45) is 0 Å². The van der Waals surface area contributed by atoms with Crippen molar-refractivity contribution >= 4 is 13.7 Å². The van der Waals surface area contributed by atoms with Gasteiger partial charge in [0.2, 0.25) is 5.91 Å². The van der Waals surface area contributed by atoms with Crippen molar-refractivity contribution in [2.75, 3.05) is 40.9 Å². The third kappa shape index (κ3) is 68.8. The van der Waals surface area contributed by atoms with Crippen molar-refractivity contribution in [2.45, 2.75) is 431 Å². The van der Waals surface area contributed by atoms with Gasteiger partial charge in [0.1, 0.15) is 13.2 Å². The molecule has 9 heteroatoms. The number of quaternary nitrogens is 1. The van der Waals surface area contributed by atoms with Crippen LogP contribution in [0.25, 0.3) is 0 Å². The number of rotatable bonds is 72. The van der Waals surface area contributed by atoms with E-state index in [1.165, 1.54) is 353 Å². The maximum Gasteiger partial charge on any atom is 0.268 e. The zero-order chi connectivity index (χ0) is 60.5. The maximum absolute atomic E-state index is 13.1. The second-order valence-electron chi connectivity index (χ2n) is 27.7. The molecule has 0 bridgehead atoms. The van der Waals surface area contributed by atoms with E-state index in [1.54, 1.807) is 0 Å². The van der Waals surface area contributed by atoms with Gasteiger partial charge in [-0.1, -0.05) is 399 Å². The molecule has 3 unspecified atom stereocenters. The zero-order valence-corrected chi connectivity index (χ0v) is 58.1. The summed E-state index contributed by atoms with van der Waals surface area (Å²) in [6, 6.07) is -0.797. The molecule has 0 aromatic heterocycles. The summed E-state index contributed by atoms with van der Waals surface area (Å²) in [4.78, 5) is 25.7. The van der Waals surface area contributed by atoms with Crippen molar-refractivity contribution < 1.29 is 32.9 Å². The van der Waals surface area contributed by atoms with Crippen LogP contribution in [0.15, 0.2) is 0 Å². The standard InChI is InChI=1S/C74H151N2O6P/c1-6-8-10-12-14-16-18-20-22-24-26-28-29-30-31-32-33-34-35-36-37-38-39-40-41-42-43-44-45-46-47-48-50-52-54-56-58-60-62-64-66-68-74(78)75-72(71-82-83(79,80)81-70-69-76(3,4)5)73(77)67-65-63-61-59-57-55-53-51-49-27-25-23-21-19-17-15-13-11-9-7-2/h72-73,77H,6-71H2,1-5H3,(H-,75,78,79,80). The van der Waals surface area contributed by atoms with E-state index in [9.17, 15) is 19.4 Å². The Morgan fingerprint density at radius 2 is 0.590 bits per heavy atom. The minimum Gasteiger partial charge on any atom is -0.756 e. The lowest BCUT2D eigenvalue weighted by atomic mass is 10.0. The van der Waals surface area contributed by atoms with Crippen molar-refractivity contribution in [3.8, 4) is 0 Å². The predicted molar refractivity (Wildman–Crippen MR) is 363 cm³/mol. The number of likely N-dealkylation sites (N-methyl/N-ethyl adjacent to an activating group) is 1. The summed E-state index contributed by atoms with van der Waals surface area (Å²) in [5.74, 6) is -0.153. The average molecular weight is 1200 g/mol. The van der Waals surface area contributed by atoms with E-state index in [0.717, 1.165) is 38.5 Å². The van der Waals surface area contributed by atoms with Crippen LogP contribution in [-0.4, -0.2) is 68.5 Å². The minimum atomic E-state index is -4.57. The Labute approximate surface area is 520 Å². The number of unbranched alkanes of at least 4 members (excludes halogenated alkanes) is 59. The van der Waals surface area contributed by atoms with Gasteiger partial charge in [-0.2, -0.15) is 0 Å². The highest BCUT2D eigenvalue weighted by molar-refractivity contribution is 7.45. The fraction of sp³-hybridized carbons (Fsp3) is 0.986. The number of aliphatic hydroxyl groups is 1. The normalized spacial score (nSPS) is 13.5. The van der Waals surface area contributed by atoms with E-state index >= 15 is 0 Å². The molecular formula is C74H151N2O6P. The summed E-state index contributed by atoms with van der Waals surface area (Å²) in [5.41, 5.74) is 0. The zero-order valence-electron chi connectivity index (χ0n) is 57.2. The molecule has 0 saturated carbocycles. The molecule has 83 heavy (non-hydrogen) atoms. The number of hydrogen-bond acceptors (Lipinski definition) is 6. The highest BCUT2D eigenvalue weighted by Crippen LogP contribution is 2.38. The number of amides is 1. The molecule has 498 valence electrons. The SMILES string of the molecule is CCCCCCCCCCCCCCCCCCCCCCCCCCCCCCCCCCCCCCCCCCCC(=O)NC(COP(=O)([O-])OCC[N+](C)(C)C)C(O)CCCCCCCCCCCCCCCCCCCCCC. The largest absolute Gasteiger partial charge is 0.756 e. The molecule has 0 aliphatic rings. The fourth-order valence-corrected chi connectivity index (χ4v) is 12.9. The van der Waals surface area contributed by atoms with Crippen LogP contribution in [-0.2, 0) is 18.4 Å². The molecule has 0 spiro atoms. The molecule has 0 heterocycles. The first-order valence-electron chi connectivity index (χ1n) is 37.9. The Kier molecular flexibility index (Phi) is 65.5. The van der Waals surface area contributed by atoms with Crippen molar-refractivity contribution in [3.05, 3.63) is 0 Å². The molecule has 0 rings (SSSR count). The monoisotopic (exact) mass is 1200 g/mol. The second kappa shape index (κ2) is 65.9. The molecule has 0 aliphatic heterocycles. The van der Waals surface area contributed by atoms with Crippen LogP contribution in [0.4, 0.5) is 0 Å². The molecule has 1 amide bonds. The number of phosphoric ester groups is 1. The summed E-state index contributed by atoms with van der Waals surface area (Å²) >= 11 is 0. The molecule has 0 saturated heterocycles. The molecule has 0 aliphatic carbocycles. The Hall–Kier alpha value is -0.500. The van der Waals surface area contributed by atoms with E-state index in [-0.39, 0.29) is 19.1 Å². The third-order valence-corrected chi connectivity index (χ3v) is 19.1. The van der Waals surface area contributed by atoms with Gasteiger partial charge in [-0.25, -0.2) is 0 Å². The number of phosphoric acid groups is 1. The lowest BCUT2D eigenvalue weighted by Gasteiger charge is -2.30. The Morgan fingerprint density at radius 1 is 0.373 bits per heavy atom. The fourth-order valence-electron chi connectivity index (χ4n) is 12.2. The van der Waals surface area contributed by atoms with E-state index in [0.29, 0.717) is 23.9 Å². The average Bonchev–Trinajstić information content (AvgIpc) is 3.49. The van der Waals surface area contributed by atoms with Crippen molar-refractivity contribution in [3.63, 3.8) is 0 Å². The summed E-state index contributed by atoms with van der Waals surface area (Å²) in [7, 11) is 1.33. The molecule has 3 atom stereocenters. The number of nitrogens with zero attached hydrogens (tertiary/aromatic N) is 1. The first-order valence-corrected chi connectivity index (χ1v) is 39.3. The number of hydrogen-bond donors (Lipinski definition) is 2. The third-order valence-electron chi connectivity index (χ3n) is 18.1. The minimum absolute atomic E-state index is 0.0169. The second-order valence-corrected chi connectivity index (χ2v) is 29.1. The highest BCUT2D eigenvalue weighted by atomic mass is 31.2. The molecule has 0 aromatic rings. The summed E-state index contributed by atoms with van der Waals surface area (Å²) < 4.78 is 23.5. The first-order chi connectivity index (χ1) is 40.5. The quantitative estimate of drug-likeness (QED) is 0.0357. The number of nitrogens with one attached hydrogen (secondary N) is 1. The van der Waals surface area contributed by atoms with Gasteiger partial charge in [-0.15, -0.1) is 0 Å². The smallest absolute Gasteiger partial charge is 0.268 e. The molecule has 8 nitrogen and oxygen atoms in total. The summed E-state index contributed by atoms with van der Waals surface area (Å²) in [5, 5.41) is 14.1. The van der Waals surface area contributed by atoms with Crippen LogP contribution < -0.4 is 10.2 Å². The van der Waals surface area contributed by atoms with Crippen LogP contribution in [0.5, 0.6) is 0 Å². The van der Waals surface area contributed by atoms with E-state index in [4.69, 9.17) is 9.05 Å². The van der Waals surface area contributed by atoms with Gasteiger partial charge >= 0.3 is 0 Å². The number of aliphatic hydroxyl groups excluding tert-OH is 1. The topological polar surface area (TPSA) is 108 Å². The summed E-state index contributed by atoms with van der Waals surface area (Å²) in [6.07, 6.45) is 83.7. The molecule has 0 aromatic carbocycles. The van der Waals surface area contributed by atoms with Crippen LogP contribution in [0.1, 0.15) is 418 Å². The predicted octanol–water partition coefficient (Wildman–Crippen LogP) is 23.7. The van der Waals surface area contributed by atoms with Gasteiger partial charge in [-0.3, -0.25) is 9.36 Å². The van der Waals surface area contributed by atoms with Crippen LogP contribution in [0.3, 0.4) is 0 Å². The lowest BCUT2D eigenvalue weighted by Crippen LogP contribution is -2.46. The van der Waals surface area contributed by atoms with Crippen molar-refractivity contribution in [1.82, 2.24) is 5.32 Å². The molecule has 0 fully saturated rings. The van der Waals surface area contributed by atoms with E-state index < -0.39 is 20.0 Å². The van der Waals surface area contributed by atoms with Crippen molar-refractivity contribution in [1.29, 1.82) is 0 Å². The maximum atomic E-state index is 13.1. The van der Waals surface area contributed by atoms with Gasteiger partial charge in [0.05, 0.1) is 39.9 Å². The molecule has 0 radical (unpaired) electrons. The van der Waals surface area contributed by atoms with Gasteiger partial charge in [-0.05, 0) is 12.8 Å². The van der Waals surface area contributed by atoms with E-state index in [1.807, 2.05) is 21.1 Å². The molecule has 2 N–H and O–H groups in total. The van der Waals surface area contributed by atoms with Gasteiger partial charge in [0.25, 0.3) is 7.82 Å². The van der Waals surface area contributed by atoms with Gasteiger partial charge in [0.15, 0.2) is 0 Å². The highest BCUT2D eigenvalue weighted by Gasteiger charge is 2.24. The van der Waals surface area contributed by atoms with Crippen LogP contribution in [0, 0.1) is 0 Å². The Balaban J connectivity index is 3.82. The van der Waals surface area contributed by atoms with Gasteiger partial charge < -0.3 is 28.8 Å². The number of carbonyl (C=O) groups excluding carboxylic acids is 1.